The van der Waals surface area contributed by atoms with E-state index in [0.29, 0.717) is 0 Å². The first-order valence-electron chi connectivity index (χ1n) is 6.95. The molecule has 0 radical (unpaired) electrons. The van der Waals surface area contributed by atoms with Crippen molar-refractivity contribution in [1.82, 2.24) is 0 Å². The Morgan fingerprint density at radius 2 is 1.58 bits per heavy atom. The summed E-state index contributed by atoms with van der Waals surface area (Å²) in [4.78, 5) is 0. The average molecular weight is 260 g/mol. The number of rotatable bonds is 3. The van der Waals surface area contributed by atoms with Crippen LogP contribution in [0.4, 0.5) is 0 Å². The molecular weight excluding hydrogens is 232 g/mol. The van der Waals surface area contributed by atoms with Crippen LogP contribution >= 0.6 is 0 Å². The van der Waals surface area contributed by atoms with Gasteiger partial charge in [-0.1, -0.05) is 65.2 Å². The zero-order chi connectivity index (χ0) is 15.3. The molecule has 19 heavy (non-hydrogen) atoms. The van der Waals surface area contributed by atoms with Gasteiger partial charge in [0, 0.05) is 10.8 Å². The summed E-state index contributed by atoms with van der Waals surface area (Å²) in [6.07, 6.45) is 11.3. The van der Waals surface area contributed by atoms with Crippen molar-refractivity contribution in [3.63, 3.8) is 0 Å². The van der Waals surface area contributed by atoms with Gasteiger partial charge in [-0.3, -0.25) is 0 Å². The Labute approximate surface area is 118 Å². The Morgan fingerprint density at radius 1 is 1.00 bits per heavy atom. The fraction of sp³-hybridized carbons (Fsp3) is 0.333. The number of furan rings is 1. The molecule has 0 atom stereocenters. The quantitative estimate of drug-likeness (QED) is 0.762. The summed E-state index contributed by atoms with van der Waals surface area (Å²) in [5, 5.41) is 1.04. The fourth-order valence-corrected chi connectivity index (χ4v) is 1.48. The fourth-order valence-electron chi connectivity index (χ4n) is 1.48. The Bertz CT molecular complexity index is 499. The first-order chi connectivity index (χ1) is 9.28. The minimum absolute atomic E-state index is 0.841. The maximum Gasteiger partial charge on any atom is 0.135 e. The molecule has 0 saturated carbocycles. The molecule has 1 aromatic rings. The van der Waals surface area contributed by atoms with Crippen molar-refractivity contribution in [2.45, 2.75) is 41.5 Å². The molecule has 0 unspecified atom stereocenters. The van der Waals surface area contributed by atoms with Crippen LogP contribution in [0.15, 0.2) is 29.7 Å². The van der Waals surface area contributed by atoms with Gasteiger partial charge in [0.2, 0.25) is 0 Å². The van der Waals surface area contributed by atoms with Gasteiger partial charge in [-0.25, -0.2) is 0 Å². The SMILES string of the molecule is C=C/C=c1/c(C=C)c(/C=C\C)o/c1=C/C.CC.CC. The van der Waals surface area contributed by atoms with Crippen LogP contribution in [-0.2, 0) is 0 Å². The average Bonchev–Trinajstić information content (AvgIpc) is 2.81. The third-order valence-corrected chi connectivity index (χ3v) is 2.11. The molecule has 106 valence electrons. The maximum absolute atomic E-state index is 5.69. The summed E-state index contributed by atoms with van der Waals surface area (Å²) in [5.74, 6) is 0.841. The van der Waals surface area contributed by atoms with Crippen LogP contribution < -0.4 is 10.6 Å². The second-order valence-electron chi connectivity index (χ2n) is 3.05. The third-order valence-electron chi connectivity index (χ3n) is 2.11. The van der Waals surface area contributed by atoms with E-state index >= 15 is 0 Å². The summed E-state index contributed by atoms with van der Waals surface area (Å²) in [6.45, 7) is 19.4. The Kier molecular flexibility index (Phi) is 13.1. The Hall–Kier alpha value is -1.76. The summed E-state index contributed by atoms with van der Waals surface area (Å²) < 4.78 is 5.69. The highest BCUT2D eigenvalue weighted by Crippen LogP contribution is 2.06. The molecule has 0 fully saturated rings. The topological polar surface area (TPSA) is 13.1 Å². The molecule has 1 aromatic heterocycles. The van der Waals surface area contributed by atoms with E-state index in [0.717, 1.165) is 22.0 Å². The molecule has 0 bridgehead atoms. The van der Waals surface area contributed by atoms with Crippen molar-refractivity contribution >= 4 is 24.3 Å². The van der Waals surface area contributed by atoms with E-state index < -0.39 is 0 Å². The smallest absolute Gasteiger partial charge is 0.135 e. The third kappa shape index (κ3) is 5.60. The first-order valence-corrected chi connectivity index (χ1v) is 6.95. The van der Waals surface area contributed by atoms with E-state index in [1.807, 2.05) is 65.8 Å². The van der Waals surface area contributed by atoms with Gasteiger partial charge in [-0.05, 0) is 26.0 Å². The Morgan fingerprint density at radius 3 is 1.95 bits per heavy atom. The monoisotopic (exact) mass is 260 g/mol. The first kappa shape index (κ1) is 19.6. The van der Waals surface area contributed by atoms with E-state index in [1.165, 1.54) is 0 Å². The van der Waals surface area contributed by atoms with Crippen LogP contribution in [0.3, 0.4) is 0 Å². The lowest BCUT2D eigenvalue weighted by Crippen LogP contribution is -2.20. The van der Waals surface area contributed by atoms with E-state index in [-0.39, 0.29) is 0 Å². The highest BCUT2D eigenvalue weighted by atomic mass is 16.3. The van der Waals surface area contributed by atoms with Crippen molar-refractivity contribution < 1.29 is 4.42 Å². The lowest BCUT2D eigenvalue weighted by atomic mass is 10.2. The highest BCUT2D eigenvalue weighted by molar-refractivity contribution is 5.63. The van der Waals surface area contributed by atoms with Crippen molar-refractivity contribution in [1.29, 1.82) is 0 Å². The van der Waals surface area contributed by atoms with Gasteiger partial charge in [-0.2, -0.15) is 0 Å². The van der Waals surface area contributed by atoms with E-state index in [9.17, 15) is 0 Å². The largest absolute Gasteiger partial charge is 0.456 e. The van der Waals surface area contributed by atoms with Crippen LogP contribution in [-0.4, -0.2) is 0 Å². The zero-order valence-corrected chi connectivity index (χ0v) is 13.3. The molecule has 1 rings (SSSR count). The van der Waals surface area contributed by atoms with Crippen molar-refractivity contribution in [2.75, 3.05) is 0 Å². The molecule has 0 spiro atoms. The summed E-state index contributed by atoms with van der Waals surface area (Å²) >= 11 is 0. The zero-order valence-electron chi connectivity index (χ0n) is 13.3. The highest BCUT2D eigenvalue weighted by Gasteiger charge is 2.04. The van der Waals surface area contributed by atoms with Crippen LogP contribution in [0.5, 0.6) is 0 Å². The standard InChI is InChI=1S/C14H16O.2C2H6/c1-5-9-12-11(7-3)14(10-6-2)15-13(12)8-4;2*1-2/h5-10H,1,3H2,2,4H3;2*1-2H3/b10-6-,12-9-,13-8+;;. The van der Waals surface area contributed by atoms with E-state index in [4.69, 9.17) is 4.42 Å². The van der Waals surface area contributed by atoms with Gasteiger partial charge < -0.3 is 4.42 Å². The number of hydrogen-bond acceptors (Lipinski definition) is 1. The maximum atomic E-state index is 5.69. The van der Waals surface area contributed by atoms with Gasteiger partial charge in [0.25, 0.3) is 0 Å². The molecular formula is C18H28O. The predicted octanol–water partition coefficient (Wildman–Crippen LogP) is 4.78. The van der Waals surface area contributed by atoms with Crippen LogP contribution in [0.1, 0.15) is 52.9 Å². The normalized spacial score (nSPS) is 11.5. The number of allylic oxidation sites excluding steroid dienone is 2. The molecule has 0 saturated heterocycles. The predicted molar refractivity (Wildman–Crippen MR) is 90.3 cm³/mol. The van der Waals surface area contributed by atoms with Gasteiger partial charge >= 0.3 is 0 Å². The van der Waals surface area contributed by atoms with E-state index in [1.54, 1.807) is 12.2 Å². The van der Waals surface area contributed by atoms with Crippen molar-refractivity contribution in [2.24, 2.45) is 0 Å². The van der Waals surface area contributed by atoms with Gasteiger partial charge in [0.15, 0.2) is 0 Å². The van der Waals surface area contributed by atoms with Crippen LogP contribution in [0.2, 0.25) is 0 Å². The molecule has 1 heterocycles. The van der Waals surface area contributed by atoms with Gasteiger partial charge in [0.1, 0.15) is 11.2 Å². The minimum atomic E-state index is 0.841. The molecule has 0 N–H and O–H groups in total. The van der Waals surface area contributed by atoms with Crippen LogP contribution in [0, 0.1) is 0 Å². The molecule has 0 aromatic carbocycles. The summed E-state index contributed by atoms with van der Waals surface area (Å²) in [5.41, 5.74) is 1.87. The molecule has 0 aliphatic heterocycles. The second-order valence-corrected chi connectivity index (χ2v) is 3.05. The van der Waals surface area contributed by atoms with E-state index in [2.05, 4.69) is 13.2 Å². The Balaban J connectivity index is 0. The number of hydrogen-bond donors (Lipinski definition) is 0. The van der Waals surface area contributed by atoms with Crippen molar-refractivity contribution in [3.8, 4) is 0 Å². The molecule has 0 amide bonds. The summed E-state index contributed by atoms with van der Waals surface area (Å²) in [7, 11) is 0. The second kappa shape index (κ2) is 12.7. The minimum Gasteiger partial charge on any atom is -0.456 e. The molecule has 0 aliphatic rings. The van der Waals surface area contributed by atoms with Crippen molar-refractivity contribution in [3.05, 3.63) is 47.3 Å². The molecule has 0 aliphatic carbocycles. The molecule has 1 heteroatoms. The van der Waals surface area contributed by atoms with Gasteiger partial charge in [-0.15, -0.1) is 0 Å². The van der Waals surface area contributed by atoms with Gasteiger partial charge in [0.05, 0.1) is 0 Å². The molecule has 1 nitrogen and oxygen atoms in total. The lowest BCUT2D eigenvalue weighted by Gasteiger charge is -1.87. The lowest BCUT2D eigenvalue weighted by molar-refractivity contribution is 0.521. The van der Waals surface area contributed by atoms with Crippen LogP contribution in [0.25, 0.3) is 24.3 Å². The summed E-state index contributed by atoms with van der Waals surface area (Å²) in [6, 6.07) is 0.